The molecule has 0 aliphatic carbocycles. The summed E-state index contributed by atoms with van der Waals surface area (Å²) >= 11 is 8.68. The molecule has 1 aromatic carbocycles. The number of pyridine rings is 1. The molecule has 0 saturated heterocycles. The largest absolute Gasteiger partial charge is 1.00 e. The molecule has 0 unspecified atom stereocenters. The van der Waals surface area contributed by atoms with Crippen molar-refractivity contribution in [3.63, 3.8) is 0 Å². The van der Waals surface area contributed by atoms with Crippen molar-refractivity contribution in [2.75, 3.05) is 0 Å². The molecule has 12 heteroatoms. The van der Waals surface area contributed by atoms with Gasteiger partial charge in [-0.05, 0) is 59.9 Å². The van der Waals surface area contributed by atoms with E-state index in [0.29, 0.717) is 0 Å². The first-order valence-electron chi connectivity index (χ1n) is 5.11. The molecule has 0 atom stereocenters. The number of alkyl halides is 3. The van der Waals surface area contributed by atoms with Gasteiger partial charge in [0.15, 0.2) is 0 Å². The van der Waals surface area contributed by atoms with Gasteiger partial charge in [0.1, 0.15) is 15.1 Å². The average molecular weight is 546 g/mol. The fraction of sp³-hybridized carbons (Fsp3) is 0.100. The van der Waals surface area contributed by atoms with Crippen LogP contribution < -0.4 is 29.6 Å². The van der Waals surface area contributed by atoms with Crippen LogP contribution in [0.4, 0.5) is 0 Å². The van der Waals surface area contributed by atoms with Gasteiger partial charge in [-0.1, -0.05) is 18.2 Å². The molecule has 22 heavy (non-hydrogen) atoms. The molecule has 0 N–H and O–H groups in total. The van der Waals surface area contributed by atoms with E-state index in [0.717, 1.165) is 6.07 Å². The summed E-state index contributed by atoms with van der Waals surface area (Å²) < 4.78 is 56.7. The molecule has 1 aromatic heterocycles. The van der Waals surface area contributed by atoms with Gasteiger partial charge in [-0.25, -0.2) is 21.8 Å². The third kappa shape index (κ3) is 4.12. The number of aromatic nitrogens is 1. The number of sulfone groups is 1. The van der Waals surface area contributed by atoms with Crippen LogP contribution in [0.1, 0.15) is 0 Å². The molecular weight excluding hydrogens is 541 g/mol. The Labute approximate surface area is 174 Å². The van der Waals surface area contributed by atoms with E-state index in [-0.39, 0.29) is 45.4 Å². The summed E-state index contributed by atoms with van der Waals surface area (Å²) in [5.74, 6) is 0. The molecule has 0 aliphatic heterocycles. The summed E-state index contributed by atoms with van der Waals surface area (Å²) in [6.45, 7) is 0. The number of para-hydroxylation sites is 1. The summed E-state index contributed by atoms with van der Waals surface area (Å²) in [5, 5.41) is -0.649. The summed E-state index contributed by atoms with van der Waals surface area (Å²) in [6, 6.07) is 6.76. The van der Waals surface area contributed by atoms with Gasteiger partial charge < -0.3 is 4.55 Å². The van der Waals surface area contributed by atoms with Gasteiger partial charge in [0, 0.05) is 5.39 Å². The Hall–Kier alpha value is 0.930. The van der Waals surface area contributed by atoms with Gasteiger partial charge in [0.2, 0.25) is 11.3 Å². The molecule has 1 heterocycles. The van der Waals surface area contributed by atoms with Crippen molar-refractivity contribution < 1.29 is 50.9 Å². The zero-order valence-corrected chi connectivity index (χ0v) is 19.2. The molecule has 0 spiro atoms. The van der Waals surface area contributed by atoms with Crippen molar-refractivity contribution in [3.05, 3.63) is 30.3 Å². The summed E-state index contributed by atoms with van der Waals surface area (Å²) in [4.78, 5) is 3.35. The number of hydrogen-bond donors (Lipinski definition) is 0. The second-order valence-corrected chi connectivity index (χ2v) is 15.6. The van der Waals surface area contributed by atoms with Crippen molar-refractivity contribution in [2.45, 2.75) is 11.4 Å². The van der Waals surface area contributed by atoms with Crippen molar-refractivity contribution >= 4 is 78.6 Å². The van der Waals surface area contributed by atoms with E-state index in [1.165, 1.54) is 12.1 Å². The van der Waals surface area contributed by atoms with E-state index in [1.807, 2.05) is 0 Å². The van der Waals surface area contributed by atoms with Crippen LogP contribution in [-0.2, 0) is 20.0 Å². The Morgan fingerprint density at radius 3 is 2.09 bits per heavy atom. The minimum atomic E-state index is -4.89. The number of halogens is 3. The van der Waals surface area contributed by atoms with Crippen LogP contribution in [0.2, 0.25) is 0 Å². The van der Waals surface area contributed by atoms with Gasteiger partial charge in [0.25, 0.3) is 0 Å². The standard InChI is InChI=1S/C10H6Br3NO5S2.Na/c11-10(12,13)20(15,16)8-5-9(21(17,18)19)14-7-4-2-1-3-6(7)8;/h1-5H,(H,17,18,19);/q;+1/p-1. The molecular formula is C10H5Br3NNaO5S2. The Morgan fingerprint density at radius 2 is 1.59 bits per heavy atom. The SMILES string of the molecule is O=S(=O)([O-])c1cc(S(=O)(=O)C(Br)(Br)Br)c2ccccc2n1.[Na+]. The molecule has 0 radical (unpaired) electrons. The quantitative estimate of drug-likeness (QED) is 0.292. The van der Waals surface area contributed by atoms with E-state index in [2.05, 4.69) is 52.8 Å². The molecule has 0 fully saturated rings. The monoisotopic (exact) mass is 543 g/mol. The van der Waals surface area contributed by atoms with Gasteiger partial charge in [0.05, 0.1) is 10.4 Å². The predicted octanol–water partition coefficient (Wildman–Crippen LogP) is -0.287. The van der Waals surface area contributed by atoms with Crippen molar-refractivity contribution in [3.8, 4) is 0 Å². The number of benzene rings is 1. The molecule has 2 rings (SSSR count). The normalized spacial score (nSPS) is 12.9. The van der Waals surface area contributed by atoms with Crippen LogP contribution in [-0.4, -0.2) is 27.8 Å². The van der Waals surface area contributed by atoms with Gasteiger partial charge >= 0.3 is 29.6 Å². The molecule has 2 aromatic rings. The van der Waals surface area contributed by atoms with E-state index in [9.17, 15) is 21.4 Å². The van der Waals surface area contributed by atoms with Gasteiger partial charge in [-0.2, -0.15) is 0 Å². The summed E-state index contributed by atoms with van der Waals surface area (Å²) in [7, 11) is -8.97. The van der Waals surface area contributed by atoms with Crippen LogP contribution in [0.5, 0.6) is 0 Å². The fourth-order valence-electron chi connectivity index (χ4n) is 1.60. The zero-order valence-electron chi connectivity index (χ0n) is 10.8. The van der Waals surface area contributed by atoms with Crippen LogP contribution in [0, 0.1) is 0 Å². The second kappa shape index (κ2) is 7.04. The number of nitrogens with zero attached hydrogens (tertiary/aromatic N) is 1. The van der Waals surface area contributed by atoms with Crippen LogP contribution >= 0.6 is 47.8 Å². The fourth-order valence-corrected chi connectivity index (χ4v) is 4.69. The first-order chi connectivity index (χ1) is 9.44. The molecule has 6 nitrogen and oxygen atoms in total. The maximum Gasteiger partial charge on any atom is 1.00 e. The number of fused-ring (bicyclic) bond motifs is 1. The maximum atomic E-state index is 12.5. The first-order valence-corrected chi connectivity index (χ1v) is 10.4. The zero-order chi connectivity index (χ0) is 16.1. The molecule has 0 amide bonds. The molecule has 0 saturated carbocycles. The Balaban J connectivity index is 0.00000242. The van der Waals surface area contributed by atoms with Crippen molar-refractivity contribution in [1.29, 1.82) is 0 Å². The van der Waals surface area contributed by atoms with E-state index < -0.39 is 26.5 Å². The minimum absolute atomic E-state index is 0. The van der Waals surface area contributed by atoms with E-state index in [4.69, 9.17) is 0 Å². The van der Waals surface area contributed by atoms with E-state index in [1.54, 1.807) is 12.1 Å². The minimum Gasteiger partial charge on any atom is -0.743 e. The number of hydrogen-bond acceptors (Lipinski definition) is 6. The van der Waals surface area contributed by atoms with Crippen LogP contribution in [0.3, 0.4) is 0 Å². The Kier molecular flexibility index (Phi) is 6.72. The van der Waals surface area contributed by atoms with Gasteiger partial charge in [-0.3, -0.25) is 0 Å². The van der Waals surface area contributed by atoms with Crippen LogP contribution in [0.15, 0.2) is 40.3 Å². The third-order valence-corrected chi connectivity index (χ3v) is 8.59. The topological polar surface area (TPSA) is 104 Å². The first kappa shape index (κ1) is 21.0. The van der Waals surface area contributed by atoms with E-state index >= 15 is 0 Å². The molecule has 114 valence electrons. The summed E-state index contributed by atoms with van der Waals surface area (Å²) in [5.41, 5.74) is 0.0877. The van der Waals surface area contributed by atoms with Crippen molar-refractivity contribution in [2.24, 2.45) is 0 Å². The second-order valence-electron chi connectivity index (χ2n) is 3.88. The van der Waals surface area contributed by atoms with Gasteiger partial charge in [-0.15, -0.1) is 0 Å². The van der Waals surface area contributed by atoms with Crippen LogP contribution in [0.25, 0.3) is 10.9 Å². The summed E-state index contributed by atoms with van der Waals surface area (Å²) in [6.07, 6.45) is 0. The molecule has 0 bridgehead atoms. The Morgan fingerprint density at radius 1 is 1.05 bits per heavy atom. The third-order valence-electron chi connectivity index (χ3n) is 2.51. The smallest absolute Gasteiger partial charge is 0.743 e. The molecule has 0 aliphatic rings. The number of rotatable bonds is 2. The van der Waals surface area contributed by atoms with Crippen molar-refractivity contribution in [1.82, 2.24) is 4.98 Å². The Bertz CT molecular complexity index is 925. The maximum absolute atomic E-state index is 12.5. The average Bonchev–Trinajstić information content (AvgIpc) is 2.34. The predicted molar refractivity (Wildman–Crippen MR) is 86.4 cm³/mol.